The van der Waals surface area contributed by atoms with Gasteiger partial charge in [0.1, 0.15) is 0 Å². The molecule has 0 heterocycles. The minimum absolute atomic E-state index is 0.127. The second-order valence-corrected chi connectivity index (χ2v) is 4.18. The number of hydrogen-bond acceptors (Lipinski definition) is 2. The third kappa shape index (κ3) is 2.50. The van der Waals surface area contributed by atoms with E-state index in [0.29, 0.717) is 0 Å². The van der Waals surface area contributed by atoms with Crippen molar-refractivity contribution in [1.29, 1.82) is 0 Å². The van der Waals surface area contributed by atoms with Crippen molar-refractivity contribution in [3.05, 3.63) is 63.7 Å². The molecule has 0 radical (unpaired) electrons. The van der Waals surface area contributed by atoms with Crippen LogP contribution in [0.3, 0.4) is 0 Å². The molecule has 0 atom stereocenters. The van der Waals surface area contributed by atoms with Crippen LogP contribution < -0.4 is 0 Å². The zero-order valence-electron chi connectivity index (χ0n) is 9.81. The van der Waals surface area contributed by atoms with Crippen LogP contribution in [0.4, 0.5) is 5.69 Å². The smallest absolute Gasteiger partial charge is 0.258 e. The Hall–Kier alpha value is -2.16. The number of nitro benzene ring substituents is 1. The van der Waals surface area contributed by atoms with Gasteiger partial charge in [-0.3, -0.25) is 10.1 Å². The summed E-state index contributed by atoms with van der Waals surface area (Å²) in [5.74, 6) is 0. The van der Waals surface area contributed by atoms with Gasteiger partial charge in [-0.2, -0.15) is 0 Å². The standard InChI is InChI=1S/C14H13NO2/c1-10-6-11(2)8-13(7-10)12-4-3-5-14(9-12)15(16)17/h3-9H,1-2H3. The summed E-state index contributed by atoms with van der Waals surface area (Å²) in [5.41, 5.74) is 4.34. The molecule has 0 spiro atoms. The normalized spacial score (nSPS) is 10.2. The van der Waals surface area contributed by atoms with Crippen molar-refractivity contribution in [3.8, 4) is 11.1 Å². The summed E-state index contributed by atoms with van der Waals surface area (Å²) >= 11 is 0. The highest BCUT2D eigenvalue weighted by atomic mass is 16.6. The van der Waals surface area contributed by atoms with Gasteiger partial charge in [-0.25, -0.2) is 0 Å². The highest BCUT2D eigenvalue weighted by Gasteiger charge is 2.07. The molecule has 3 nitrogen and oxygen atoms in total. The minimum atomic E-state index is -0.369. The highest BCUT2D eigenvalue weighted by molar-refractivity contribution is 5.67. The molecule has 2 aromatic carbocycles. The van der Waals surface area contributed by atoms with E-state index in [0.717, 1.165) is 22.3 Å². The van der Waals surface area contributed by atoms with Crippen LogP contribution in [0.15, 0.2) is 42.5 Å². The molecule has 2 aromatic rings. The van der Waals surface area contributed by atoms with Gasteiger partial charge in [0.15, 0.2) is 0 Å². The average Bonchev–Trinajstić information content (AvgIpc) is 2.28. The second-order valence-electron chi connectivity index (χ2n) is 4.18. The van der Waals surface area contributed by atoms with Gasteiger partial charge in [0.25, 0.3) is 5.69 Å². The lowest BCUT2D eigenvalue weighted by atomic mass is 10.0. The Balaban J connectivity index is 2.52. The maximum atomic E-state index is 10.7. The third-order valence-electron chi connectivity index (χ3n) is 2.61. The first-order chi connectivity index (χ1) is 8.06. The van der Waals surface area contributed by atoms with Crippen LogP contribution in [0.25, 0.3) is 11.1 Å². The first kappa shape index (κ1) is 11.3. The van der Waals surface area contributed by atoms with Crippen molar-refractivity contribution < 1.29 is 4.92 Å². The van der Waals surface area contributed by atoms with E-state index in [-0.39, 0.29) is 10.6 Å². The Bertz CT molecular complexity index is 556. The Morgan fingerprint density at radius 2 is 1.59 bits per heavy atom. The fourth-order valence-corrected chi connectivity index (χ4v) is 1.94. The van der Waals surface area contributed by atoms with Gasteiger partial charge in [-0.15, -0.1) is 0 Å². The van der Waals surface area contributed by atoms with Gasteiger partial charge in [0.05, 0.1) is 4.92 Å². The predicted octanol–water partition coefficient (Wildman–Crippen LogP) is 3.88. The molecule has 0 amide bonds. The quantitative estimate of drug-likeness (QED) is 0.577. The SMILES string of the molecule is Cc1cc(C)cc(-c2cccc([N+](=O)[O-])c2)c1. The molecule has 3 heteroatoms. The molecule has 0 bridgehead atoms. The summed E-state index contributed by atoms with van der Waals surface area (Å²) in [5, 5.41) is 10.7. The molecule has 0 aliphatic carbocycles. The van der Waals surface area contributed by atoms with Crippen LogP contribution in [0.5, 0.6) is 0 Å². The van der Waals surface area contributed by atoms with E-state index in [2.05, 4.69) is 6.07 Å². The van der Waals surface area contributed by atoms with E-state index in [1.54, 1.807) is 12.1 Å². The molecule has 0 saturated carbocycles. The molecule has 86 valence electrons. The summed E-state index contributed by atoms with van der Waals surface area (Å²) < 4.78 is 0. The van der Waals surface area contributed by atoms with Crippen molar-refractivity contribution >= 4 is 5.69 Å². The van der Waals surface area contributed by atoms with E-state index in [9.17, 15) is 10.1 Å². The van der Waals surface area contributed by atoms with E-state index in [1.165, 1.54) is 6.07 Å². The lowest BCUT2D eigenvalue weighted by molar-refractivity contribution is -0.384. The van der Waals surface area contributed by atoms with Crippen LogP contribution in [0.1, 0.15) is 11.1 Å². The Morgan fingerprint density at radius 1 is 0.941 bits per heavy atom. The Labute approximate surface area is 99.9 Å². The van der Waals surface area contributed by atoms with E-state index >= 15 is 0 Å². The number of non-ortho nitro benzene ring substituents is 1. The molecule has 0 N–H and O–H groups in total. The van der Waals surface area contributed by atoms with E-state index < -0.39 is 0 Å². The van der Waals surface area contributed by atoms with Crippen molar-refractivity contribution in [1.82, 2.24) is 0 Å². The molecule has 0 saturated heterocycles. The van der Waals surface area contributed by atoms with Crippen LogP contribution in [0.2, 0.25) is 0 Å². The van der Waals surface area contributed by atoms with Crippen LogP contribution in [-0.4, -0.2) is 4.92 Å². The zero-order chi connectivity index (χ0) is 12.4. The number of benzene rings is 2. The maximum absolute atomic E-state index is 10.7. The topological polar surface area (TPSA) is 43.1 Å². The largest absolute Gasteiger partial charge is 0.270 e. The lowest BCUT2D eigenvalue weighted by Gasteiger charge is -2.05. The summed E-state index contributed by atoms with van der Waals surface area (Å²) in [4.78, 5) is 10.4. The summed E-state index contributed by atoms with van der Waals surface area (Å²) in [6.45, 7) is 4.04. The monoisotopic (exact) mass is 227 g/mol. The predicted molar refractivity (Wildman–Crippen MR) is 68.0 cm³/mol. The second kappa shape index (κ2) is 4.37. The maximum Gasteiger partial charge on any atom is 0.270 e. The number of nitrogens with zero attached hydrogens (tertiary/aromatic N) is 1. The van der Waals surface area contributed by atoms with Crippen molar-refractivity contribution in [3.63, 3.8) is 0 Å². The molecule has 0 fully saturated rings. The van der Waals surface area contributed by atoms with E-state index in [4.69, 9.17) is 0 Å². The number of nitro groups is 1. The van der Waals surface area contributed by atoms with Gasteiger partial charge in [-0.05, 0) is 25.0 Å². The zero-order valence-corrected chi connectivity index (χ0v) is 9.81. The highest BCUT2D eigenvalue weighted by Crippen LogP contribution is 2.25. The van der Waals surface area contributed by atoms with E-state index in [1.807, 2.05) is 32.0 Å². The van der Waals surface area contributed by atoms with Crippen molar-refractivity contribution in [2.24, 2.45) is 0 Å². The van der Waals surface area contributed by atoms with Crippen LogP contribution in [0, 0.1) is 24.0 Å². The molecule has 0 aromatic heterocycles. The number of rotatable bonds is 2. The Kier molecular flexibility index (Phi) is 2.91. The lowest BCUT2D eigenvalue weighted by Crippen LogP contribution is -1.88. The number of aryl methyl sites for hydroxylation is 2. The van der Waals surface area contributed by atoms with Gasteiger partial charge in [0, 0.05) is 12.1 Å². The van der Waals surface area contributed by atoms with Gasteiger partial charge in [-0.1, -0.05) is 41.5 Å². The van der Waals surface area contributed by atoms with Crippen molar-refractivity contribution in [2.45, 2.75) is 13.8 Å². The Morgan fingerprint density at radius 3 is 2.18 bits per heavy atom. The summed E-state index contributed by atoms with van der Waals surface area (Å²) in [6, 6.07) is 12.9. The van der Waals surface area contributed by atoms with Crippen molar-refractivity contribution in [2.75, 3.05) is 0 Å². The molecule has 0 unspecified atom stereocenters. The third-order valence-corrected chi connectivity index (χ3v) is 2.61. The van der Waals surface area contributed by atoms with Gasteiger partial charge < -0.3 is 0 Å². The molecular formula is C14H13NO2. The molecular weight excluding hydrogens is 214 g/mol. The molecule has 0 aliphatic heterocycles. The first-order valence-corrected chi connectivity index (χ1v) is 5.39. The number of hydrogen-bond donors (Lipinski definition) is 0. The van der Waals surface area contributed by atoms with Crippen LogP contribution >= 0.6 is 0 Å². The fraction of sp³-hybridized carbons (Fsp3) is 0.143. The summed E-state index contributed by atoms with van der Waals surface area (Å²) in [6.07, 6.45) is 0. The molecule has 2 rings (SSSR count). The van der Waals surface area contributed by atoms with Gasteiger partial charge >= 0.3 is 0 Å². The molecule has 17 heavy (non-hydrogen) atoms. The minimum Gasteiger partial charge on any atom is -0.258 e. The average molecular weight is 227 g/mol. The first-order valence-electron chi connectivity index (χ1n) is 5.39. The summed E-state index contributed by atoms with van der Waals surface area (Å²) in [7, 11) is 0. The van der Waals surface area contributed by atoms with Gasteiger partial charge in [0.2, 0.25) is 0 Å². The van der Waals surface area contributed by atoms with Crippen LogP contribution in [-0.2, 0) is 0 Å². The fourth-order valence-electron chi connectivity index (χ4n) is 1.94. The molecule has 0 aliphatic rings.